The molecule has 0 aliphatic carbocycles. The predicted molar refractivity (Wildman–Crippen MR) is 55.9 cm³/mol. The number of hydrogen-bond acceptors (Lipinski definition) is 2. The highest BCUT2D eigenvalue weighted by molar-refractivity contribution is 6.72. The first-order valence-corrected chi connectivity index (χ1v) is 8.10. The van der Waals surface area contributed by atoms with Crippen LogP contribution in [0.2, 0.25) is 18.6 Å². The van der Waals surface area contributed by atoms with Crippen LogP contribution in [-0.4, -0.2) is 14.9 Å². The van der Waals surface area contributed by atoms with E-state index in [0.29, 0.717) is 6.42 Å². The quantitative estimate of drug-likeness (QED) is 0.512. The van der Waals surface area contributed by atoms with Gasteiger partial charge in [0.1, 0.15) is 0 Å². The van der Waals surface area contributed by atoms with Crippen molar-refractivity contribution in [1.29, 1.82) is 5.26 Å². The second-order valence-corrected chi connectivity index (χ2v) is 8.31. The highest BCUT2D eigenvalue weighted by atomic mass is 28.4. The van der Waals surface area contributed by atoms with Crippen molar-refractivity contribution in [3.8, 4) is 6.07 Å². The fourth-order valence-electron chi connectivity index (χ4n) is 1.89. The molecular formula is C10H19NOSi. The van der Waals surface area contributed by atoms with Gasteiger partial charge < -0.3 is 4.43 Å². The zero-order valence-electron chi connectivity index (χ0n) is 8.51. The van der Waals surface area contributed by atoms with Crippen molar-refractivity contribution in [3.05, 3.63) is 0 Å². The number of rotatable bonds is 4. The lowest BCUT2D eigenvalue weighted by Crippen LogP contribution is -2.37. The van der Waals surface area contributed by atoms with Gasteiger partial charge in [0.15, 0.2) is 8.32 Å². The molecule has 1 aliphatic rings. The Bertz CT molecular complexity index is 182. The molecule has 0 aromatic heterocycles. The second-order valence-electron chi connectivity index (χ2n) is 4.12. The molecule has 74 valence electrons. The summed E-state index contributed by atoms with van der Waals surface area (Å²) in [4.78, 5) is 0. The summed E-state index contributed by atoms with van der Waals surface area (Å²) in [6.07, 6.45) is 5.57. The van der Waals surface area contributed by atoms with Crippen LogP contribution in [0.3, 0.4) is 0 Å². The first-order valence-electron chi connectivity index (χ1n) is 5.28. The Hall–Kier alpha value is -0.333. The summed E-state index contributed by atoms with van der Waals surface area (Å²) in [5.74, 6) is 0. The fourth-order valence-corrected chi connectivity index (χ4v) is 5.06. The Morgan fingerprint density at radius 3 is 2.85 bits per heavy atom. The number of nitriles is 1. The average Bonchev–Trinajstić information content (AvgIpc) is 2.14. The molecule has 0 spiro atoms. The molecule has 1 saturated heterocycles. The summed E-state index contributed by atoms with van der Waals surface area (Å²) in [6.45, 7) is 3.33. The highest BCUT2D eigenvalue weighted by Gasteiger charge is 2.30. The minimum Gasteiger partial charge on any atom is -0.417 e. The van der Waals surface area contributed by atoms with Crippen LogP contribution in [-0.2, 0) is 4.43 Å². The second kappa shape index (κ2) is 5.41. The van der Waals surface area contributed by atoms with Gasteiger partial charge in [-0.25, -0.2) is 0 Å². The normalized spacial score (nSPS) is 28.3. The van der Waals surface area contributed by atoms with Gasteiger partial charge in [-0.3, -0.25) is 0 Å². The molecule has 13 heavy (non-hydrogen) atoms. The van der Waals surface area contributed by atoms with E-state index in [4.69, 9.17) is 9.69 Å². The van der Waals surface area contributed by atoms with Gasteiger partial charge in [-0.2, -0.15) is 5.26 Å². The van der Waals surface area contributed by atoms with Gasteiger partial charge in [-0.15, -0.1) is 0 Å². The summed E-state index contributed by atoms with van der Waals surface area (Å²) in [5, 5.41) is 8.40. The molecule has 1 atom stereocenters. The van der Waals surface area contributed by atoms with E-state index in [0.717, 1.165) is 13.0 Å². The van der Waals surface area contributed by atoms with Gasteiger partial charge in [-0.05, 0) is 31.5 Å². The fraction of sp³-hybridized carbons (Fsp3) is 0.900. The summed E-state index contributed by atoms with van der Waals surface area (Å²) in [6, 6.07) is 4.78. The number of hydrogen-bond donors (Lipinski definition) is 0. The molecule has 0 radical (unpaired) electrons. The Labute approximate surface area is 82.0 Å². The number of unbranched alkanes of at least 4 members (excludes halogenated alkanes) is 2. The van der Waals surface area contributed by atoms with E-state index in [-0.39, 0.29) is 0 Å². The van der Waals surface area contributed by atoms with Crippen molar-refractivity contribution in [2.75, 3.05) is 6.61 Å². The minimum absolute atomic E-state index is 0.713. The summed E-state index contributed by atoms with van der Waals surface area (Å²) < 4.78 is 5.90. The average molecular weight is 197 g/mol. The molecule has 1 aliphatic heterocycles. The lowest BCUT2D eigenvalue weighted by Gasteiger charge is -2.31. The molecule has 1 fully saturated rings. The number of nitrogens with zero attached hydrogens (tertiary/aromatic N) is 1. The topological polar surface area (TPSA) is 33.0 Å². The van der Waals surface area contributed by atoms with E-state index in [1.54, 1.807) is 0 Å². The minimum atomic E-state index is -1.30. The van der Waals surface area contributed by atoms with Crippen molar-refractivity contribution in [2.45, 2.75) is 50.7 Å². The van der Waals surface area contributed by atoms with Crippen molar-refractivity contribution in [3.63, 3.8) is 0 Å². The monoisotopic (exact) mass is 197 g/mol. The lowest BCUT2D eigenvalue weighted by molar-refractivity contribution is 0.269. The smallest absolute Gasteiger partial charge is 0.189 e. The maximum atomic E-state index is 8.40. The molecule has 0 aromatic carbocycles. The predicted octanol–water partition coefficient (Wildman–Crippen LogP) is 3.07. The Kier molecular flexibility index (Phi) is 4.47. The third kappa shape index (κ3) is 3.92. The molecule has 1 heterocycles. The Morgan fingerprint density at radius 1 is 1.38 bits per heavy atom. The summed E-state index contributed by atoms with van der Waals surface area (Å²) in [7, 11) is -1.30. The van der Waals surface area contributed by atoms with Crippen molar-refractivity contribution < 1.29 is 4.43 Å². The van der Waals surface area contributed by atoms with Crippen LogP contribution in [0.5, 0.6) is 0 Å². The molecular weight excluding hydrogens is 178 g/mol. The third-order valence-corrected chi connectivity index (χ3v) is 6.52. The van der Waals surface area contributed by atoms with Gasteiger partial charge in [-0.1, -0.05) is 12.8 Å². The third-order valence-electron chi connectivity index (χ3n) is 2.79. The zero-order chi connectivity index (χ0) is 9.57. The molecule has 0 saturated carbocycles. The van der Waals surface area contributed by atoms with Crippen LogP contribution in [0.25, 0.3) is 0 Å². The van der Waals surface area contributed by atoms with E-state index in [2.05, 4.69) is 12.6 Å². The lowest BCUT2D eigenvalue weighted by atomic mass is 10.3. The van der Waals surface area contributed by atoms with Crippen molar-refractivity contribution >= 4 is 8.32 Å². The Balaban J connectivity index is 2.14. The van der Waals surface area contributed by atoms with E-state index in [1.165, 1.54) is 31.4 Å². The largest absolute Gasteiger partial charge is 0.417 e. The van der Waals surface area contributed by atoms with Crippen molar-refractivity contribution in [1.82, 2.24) is 0 Å². The zero-order valence-corrected chi connectivity index (χ0v) is 9.51. The molecule has 1 rings (SSSR count). The standard InChI is InChI=1S/C10H19NOSi/c1-13(9-5-2-3-7-11)10-6-4-8-12-13/h2-6,8-10H2,1H3. The van der Waals surface area contributed by atoms with Crippen LogP contribution in [0.15, 0.2) is 0 Å². The van der Waals surface area contributed by atoms with Gasteiger partial charge in [0, 0.05) is 13.0 Å². The first-order chi connectivity index (χ1) is 6.27. The van der Waals surface area contributed by atoms with Crippen LogP contribution in [0.4, 0.5) is 0 Å². The maximum absolute atomic E-state index is 8.40. The van der Waals surface area contributed by atoms with E-state index < -0.39 is 8.32 Å². The highest BCUT2D eigenvalue weighted by Crippen LogP contribution is 2.27. The van der Waals surface area contributed by atoms with E-state index in [1.807, 2.05) is 0 Å². The molecule has 0 N–H and O–H groups in total. The molecule has 3 heteroatoms. The van der Waals surface area contributed by atoms with Gasteiger partial charge in [0.2, 0.25) is 0 Å². The van der Waals surface area contributed by atoms with Crippen molar-refractivity contribution in [2.24, 2.45) is 0 Å². The molecule has 0 bridgehead atoms. The van der Waals surface area contributed by atoms with Crippen LogP contribution < -0.4 is 0 Å². The van der Waals surface area contributed by atoms with E-state index >= 15 is 0 Å². The summed E-state index contributed by atoms with van der Waals surface area (Å²) >= 11 is 0. The molecule has 1 unspecified atom stereocenters. The van der Waals surface area contributed by atoms with Gasteiger partial charge in [0.25, 0.3) is 0 Å². The van der Waals surface area contributed by atoms with Gasteiger partial charge >= 0.3 is 0 Å². The molecule has 0 amide bonds. The maximum Gasteiger partial charge on any atom is 0.189 e. The van der Waals surface area contributed by atoms with Crippen LogP contribution in [0, 0.1) is 11.3 Å². The van der Waals surface area contributed by atoms with Crippen LogP contribution >= 0.6 is 0 Å². The van der Waals surface area contributed by atoms with Crippen LogP contribution in [0.1, 0.15) is 32.1 Å². The van der Waals surface area contributed by atoms with E-state index in [9.17, 15) is 0 Å². The van der Waals surface area contributed by atoms with Gasteiger partial charge in [0.05, 0.1) is 6.07 Å². The SMILES string of the molecule is C[Si]1(CCCCC#N)CCCCO1. The molecule has 2 nitrogen and oxygen atoms in total. The molecule has 0 aromatic rings. The summed E-state index contributed by atoms with van der Waals surface area (Å²) in [5.41, 5.74) is 0. The Morgan fingerprint density at radius 2 is 2.23 bits per heavy atom. The first kappa shape index (κ1) is 10.7.